The molecule has 0 bridgehead atoms. The van der Waals surface area contributed by atoms with Crippen molar-refractivity contribution < 1.29 is 0 Å². The molecule has 1 fully saturated rings. The second-order valence-electron chi connectivity index (χ2n) is 5.27. The van der Waals surface area contributed by atoms with E-state index in [1.165, 1.54) is 32.1 Å². The van der Waals surface area contributed by atoms with E-state index in [-0.39, 0.29) is 0 Å². The Morgan fingerprint density at radius 2 is 1.92 bits per heavy atom. The summed E-state index contributed by atoms with van der Waals surface area (Å²) in [6.07, 6.45) is 7.28. The van der Waals surface area contributed by atoms with E-state index in [1.54, 1.807) is 0 Å². The number of hydrogen-bond acceptors (Lipinski definition) is 0. The maximum absolute atomic E-state index is 2.46. The third kappa shape index (κ3) is 2.72. The third-order valence-electron chi connectivity index (χ3n) is 3.98. The van der Waals surface area contributed by atoms with Crippen molar-refractivity contribution in [3.05, 3.63) is 0 Å². The maximum atomic E-state index is 2.46. The summed E-state index contributed by atoms with van der Waals surface area (Å²) in [6, 6.07) is 0. The molecule has 0 heterocycles. The van der Waals surface area contributed by atoms with Crippen molar-refractivity contribution in [2.45, 2.75) is 59.8 Å². The van der Waals surface area contributed by atoms with E-state index in [2.05, 4.69) is 27.7 Å². The molecule has 1 rings (SSSR count). The summed E-state index contributed by atoms with van der Waals surface area (Å²) in [6.45, 7) is 9.58. The van der Waals surface area contributed by atoms with Gasteiger partial charge < -0.3 is 0 Å². The van der Waals surface area contributed by atoms with E-state index in [4.69, 9.17) is 0 Å². The van der Waals surface area contributed by atoms with Crippen LogP contribution in [0.4, 0.5) is 0 Å². The maximum Gasteiger partial charge on any atom is -0.0358 e. The average molecular weight is 182 g/mol. The Kier molecular flexibility index (Phi) is 4.28. The van der Waals surface area contributed by atoms with Crippen molar-refractivity contribution in [3.8, 4) is 0 Å². The zero-order valence-electron chi connectivity index (χ0n) is 9.84. The van der Waals surface area contributed by atoms with Gasteiger partial charge >= 0.3 is 0 Å². The Balaban J connectivity index is 2.45. The van der Waals surface area contributed by atoms with Crippen molar-refractivity contribution >= 4 is 0 Å². The fraction of sp³-hybridized carbons (Fsp3) is 1.00. The van der Waals surface area contributed by atoms with Crippen LogP contribution in [0.2, 0.25) is 0 Å². The Morgan fingerprint density at radius 1 is 1.23 bits per heavy atom. The Bertz CT molecular complexity index is 137. The summed E-state index contributed by atoms with van der Waals surface area (Å²) in [5.74, 6) is 3.98. The molecule has 0 aromatic carbocycles. The van der Waals surface area contributed by atoms with Crippen LogP contribution in [-0.2, 0) is 0 Å². The average Bonchev–Trinajstić information content (AvgIpc) is 2.43. The number of rotatable bonds is 4. The molecule has 3 unspecified atom stereocenters. The molecule has 3 atom stereocenters. The molecule has 0 aromatic rings. The highest BCUT2D eigenvalue weighted by Gasteiger charge is 2.33. The van der Waals surface area contributed by atoms with Crippen LogP contribution in [-0.4, -0.2) is 0 Å². The van der Waals surface area contributed by atoms with E-state index >= 15 is 0 Å². The first-order valence-electron chi connectivity index (χ1n) is 6.16. The minimum atomic E-state index is 0.909. The van der Waals surface area contributed by atoms with Crippen LogP contribution in [0.15, 0.2) is 0 Å². The van der Waals surface area contributed by atoms with Crippen molar-refractivity contribution in [1.29, 1.82) is 0 Å². The monoisotopic (exact) mass is 182 g/mol. The first-order valence-corrected chi connectivity index (χ1v) is 6.16. The molecule has 0 N–H and O–H groups in total. The van der Waals surface area contributed by atoms with Gasteiger partial charge in [0.25, 0.3) is 0 Å². The summed E-state index contributed by atoms with van der Waals surface area (Å²) in [5, 5.41) is 0. The normalized spacial score (nSPS) is 34.4. The lowest BCUT2D eigenvalue weighted by atomic mass is 9.80. The van der Waals surface area contributed by atoms with Crippen LogP contribution >= 0.6 is 0 Å². The lowest BCUT2D eigenvalue weighted by Crippen LogP contribution is -2.17. The van der Waals surface area contributed by atoms with Gasteiger partial charge in [-0.2, -0.15) is 0 Å². The Labute approximate surface area is 84.1 Å². The summed E-state index contributed by atoms with van der Waals surface area (Å²) in [7, 11) is 0. The van der Waals surface area contributed by atoms with Crippen molar-refractivity contribution in [2.75, 3.05) is 0 Å². The van der Waals surface area contributed by atoms with Crippen LogP contribution in [0.3, 0.4) is 0 Å². The molecule has 1 aliphatic carbocycles. The quantitative estimate of drug-likeness (QED) is 0.600. The first kappa shape index (κ1) is 11.1. The zero-order valence-corrected chi connectivity index (χ0v) is 9.84. The van der Waals surface area contributed by atoms with E-state index in [9.17, 15) is 0 Å². The fourth-order valence-corrected chi connectivity index (χ4v) is 3.07. The van der Waals surface area contributed by atoms with Gasteiger partial charge in [-0.05, 0) is 36.5 Å². The van der Waals surface area contributed by atoms with Gasteiger partial charge in [0.2, 0.25) is 0 Å². The van der Waals surface area contributed by atoms with Gasteiger partial charge in [0.05, 0.1) is 0 Å². The largest absolute Gasteiger partial charge is 0.0654 e. The minimum Gasteiger partial charge on any atom is -0.0654 e. The summed E-state index contributed by atoms with van der Waals surface area (Å²) < 4.78 is 0. The summed E-state index contributed by atoms with van der Waals surface area (Å²) in [4.78, 5) is 0. The van der Waals surface area contributed by atoms with Crippen LogP contribution in [0.5, 0.6) is 0 Å². The highest BCUT2D eigenvalue weighted by molar-refractivity contribution is 4.84. The molecule has 1 aliphatic rings. The number of hydrogen-bond donors (Lipinski definition) is 0. The van der Waals surface area contributed by atoms with Gasteiger partial charge in [-0.25, -0.2) is 0 Å². The lowest BCUT2D eigenvalue weighted by Gasteiger charge is -2.25. The van der Waals surface area contributed by atoms with Crippen molar-refractivity contribution in [3.63, 3.8) is 0 Å². The molecule has 0 radical (unpaired) electrons. The predicted octanol–water partition coefficient (Wildman–Crippen LogP) is 4.49. The highest BCUT2D eigenvalue weighted by atomic mass is 14.4. The molecule has 0 heteroatoms. The third-order valence-corrected chi connectivity index (χ3v) is 3.98. The minimum absolute atomic E-state index is 0.909. The van der Waals surface area contributed by atoms with Crippen molar-refractivity contribution in [1.82, 2.24) is 0 Å². The standard InChI is InChI=1S/C13H26/c1-5-6-7-13-11(4)8-9-12(13)10(2)3/h10-13H,5-9H2,1-4H3. The number of unbranched alkanes of at least 4 members (excludes halogenated alkanes) is 1. The van der Waals surface area contributed by atoms with Crippen molar-refractivity contribution in [2.24, 2.45) is 23.7 Å². The van der Waals surface area contributed by atoms with Gasteiger partial charge in [0.1, 0.15) is 0 Å². The van der Waals surface area contributed by atoms with Gasteiger partial charge in [0.15, 0.2) is 0 Å². The van der Waals surface area contributed by atoms with Gasteiger partial charge in [-0.3, -0.25) is 0 Å². The fourth-order valence-electron chi connectivity index (χ4n) is 3.07. The highest BCUT2D eigenvalue weighted by Crippen LogP contribution is 2.43. The van der Waals surface area contributed by atoms with E-state index in [0.29, 0.717) is 0 Å². The van der Waals surface area contributed by atoms with E-state index in [0.717, 1.165) is 23.7 Å². The molecule has 0 saturated heterocycles. The molecular formula is C13H26. The van der Waals surface area contributed by atoms with Gasteiger partial charge in [-0.15, -0.1) is 0 Å². The molecular weight excluding hydrogens is 156 g/mol. The molecule has 0 aromatic heterocycles. The SMILES string of the molecule is CCCCC1C(C)CCC1C(C)C. The second-order valence-corrected chi connectivity index (χ2v) is 5.27. The summed E-state index contributed by atoms with van der Waals surface area (Å²) >= 11 is 0. The second kappa shape index (κ2) is 5.02. The van der Waals surface area contributed by atoms with Crippen LogP contribution in [0, 0.1) is 23.7 Å². The van der Waals surface area contributed by atoms with Crippen LogP contribution in [0.25, 0.3) is 0 Å². The molecule has 0 aliphatic heterocycles. The molecule has 0 amide bonds. The zero-order chi connectivity index (χ0) is 9.84. The predicted molar refractivity (Wildman–Crippen MR) is 59.7 cm³/mol. The van der Waals surface area contributed by atoms with Gasteiger partial charge in [-0.1, -0.05) is 47.0 Å². The molecule has 0 nitrogen and oxygen atoms in total. The topological polar surface area (TPSA) is 0 Å². The Morgan fingerprint density at radius 3 is 2.46 bits per heavy atom. The molecule has 1 saturated carbocycles. The first-order chi connectivity index (χ1) is 6.16. The molecule has 0 spiro atoms. The van der Waals surface area contributed by atoms with Crippen LogP contribution in [0.1, 0.15) is 59.8 Å². The smallest absolute Gasteiger partial charge is 0.0358 e. The summed E-state index contributed by atoms with van der Waals surface area (Å²) in [5.41, 5.74) is 0. The molecule has 78 valence electrons. The van der Waals surface area contributed by atoms with Gasteiger partial charge in [0, 0.05) is 0 Å². The van der Waals surface area contributed by atoms with Crippen LogP contribution < -0.4 is 0 Å². The molecule has 13 heavy (non-hydrogen) atoms. The lowest BCUT2D eigenvalue weighted by molar-refractivity contribution is 0.241. The van der Waals surface area contributed by atoms with E-state index in [1.807, 2.05) is 0 Å². The van der Waals surface area contributed by atoms with E-state index < -0.39 is 0 Å². The Hall–Kier alpha value is 0.